The van der Waals surface area contributed by atoms with Gasteiger partial charge in [-0.3, -0.25) is 4.68 Å². The van der Waals surface area contributed by atoms with Crippen LogP contribution in [0.5, 0.6) is 0 Å². The summed E-state index contributed by atoms with van der Waals surface area (Å²) in [6, 6.07) is 0.249. The Morgan fingerprint density at radius 1 is 1.44 bits per heavy atom. The topological polar surface area (TPSA) is 39.1 Å². The predicted molar refractivity (Wildman–Crippen MR) is 75.3 cm³/mol. The molecule has 5 heteroatoms. The number of aromatic nitrogens is 2. The molecule has 0 aliphatic heterocycles. The first-order valence-electron chi connectivity index (χ1n) is 6.50. The van der Waals surface area contributed by atoms with E-state index in [1.54, 1.807) is 7.11 Å². The van der Waals surface area contributed by atoms with Crippen molar-refractivity contribution in [2.24, 2.45) is 0 Å². The first kappa shape index (κ1) is 15.5. The summed E-state index contributed by atoms with van der Waals surface area (Å²) in [7, 11) is 3.71. The van der Waals surface area contributed by atoms with Crippen LogP contribution in [0.25, 0.3) is 0 Å². The van der Waals surface area contributed by atoms with Gasteiger partial charge in [0.2, 0.25) is 0 Å². The molecule has 2 atom stereocenters. The van der Waals surface area contributed by atoms with Gasteiger partial charge in [-0.15, -0.1) is 0 Å². The van der Waals surface area contributed by atoms with Gasteiger partial charge in [-0.2, -0.15) is 5.10 Å². The summed E-state index contributed by atoms with van der Waals surface area (Å²) >= 11 is 6.33. The summed E-state index contributed by atoms with van der Waals surface area (Å²) in [5.74, 6) is 0. The molecule has 0 spiro atoms. The van der Waals surface area contributed by atoms with Crippen molar-refractivity contribution in [3.63, 3.8) is 0 Å². The van der Waals surface area contributed by atoms with E-state index in [-0.39, 0.29) is 12.1 Å². The molecule has 0 bridgehead atoms. The molecule has 2 unspecified atom stereocenters. The van der Waals surface area contributed by atoms with E-state index in [1.165, 1.54) is 0 Å². The Labute approximate surface area is 115 Å². The molecule has 1 N–H and O–H groups in total. The molecule has 104 valence electrons. The molecule has 0 saturated heterocycles. The van der Waals surface area contributed by atoms with Crippen LogP contribution in [0.15, 0.2) is 0 Å². The maximum Gasteiger partial charge on any atom is 0.0847 e. The number of likely N-dealkylation sites (N-methyl/N-ethyl adjacent to an activating group) is 1. The third kappa shape index (κ3) is 3.25. The maximum absolute atomic E-state index is 6.33. The number of ether oxygens (including phenoxy) is 1. The number of hydrogen-bond donors (Lipinski definition) is 1. The Bertz CT molecular complexity index is 375. The normalized spacial score (nSPS) is 14.8. The zero-order valence-electron chi connectivity index (χ0n) is 12.0. The van der Waals surface area contributed by atoms with Gasteiger partial charge in [-0.05, 0) is 27.3 Å². The highest BCUT2D eigenvalue weighted by Crippen LogP contribution is 2.23. The summed E-state index contributed by atoms with van der Waals surface area (Å²) < 4.78 is 7.49. The largest absolute Gasteiger partial charge is 0.380 e. The lowest BCUT2D eigenvalue weighted by Gasteiger charge is -2.25. The van der Waals surface area contributed by atoms with Crippen LogP contribution < -0.4 is 5.32 Å². The van der Waals surface area contributed by atoms with Gasteiger partial charge in [-0.1, -0.05) is 18.5 Å². The molecule has 0 fully saturated rings. The van der Waals surface area contributed by atoms with Crippen molar-refractivity contribution >= 4 is 11.6 Å². The summed E-state index contributed by atoms with van der Waals surface area (Å²) in [5, 5.41) is 8.54. The van der Waals surface area contributed by atoms with Crippen molar-refractivity contribution in [1.29, 1.82) is 0 Å². The van der Waals surface area contributed by atoms with Gasteiger partial charge in [0.15, 0.2) is 0 Å². The van der Waals surface area contributed by atoms with Crippen LogP contribution in [0.3, 0.4) is 0 Å². The minimum absolute atomic E-state index is 0.187. The second kappa shape index (κ2) is 7.12. The SMILES string of the molecule is CCC(OC)C(Cc1c(Cl)c(C)nn1CC)NC. The molecule has 0 aromatic carbocycles. The van der Waals surface area contributed by atoms with Crippen molar-refractivity contribution in [2.45, 2.75) is 52.3 Å². The molecule has 0 aliphatic carbocycles. The second-order valence-electron chi connectivity index (χ2n) is 4.44. The van der Waals surface area contributed by atoms with Crippen molar-refractivity contribution in [1.82, 2.24) is 15.1 Å². The van der Waals surface area contributed by atoms with Gasteiger partial charge >= 0.3 is 0 Å². The van der Waals surface area contributed by atoms with E-state index in [0.29, 0.717) is 0 Å². The molecule has 0 radical (unpaired) electrons. The summed E-state index contributed by atoms with van der Waals surface area (Å²) in [5.41, 5.74) is 1.99. The van der Waals surface area contributed by atoms with Crippen LogP contribution in [0.2, 0.25) is 5.02 Å². The summed E-state index contributed by atoms with van der Waals surface area (Å²) in [4.78, 5) is 0. The van der Waals surface area contributed by atoms with E-state index >= 15 is 0 Å². The molecule has 0 saturated carbocycles. The first-order valence-corrected chi connectivity index (χ1v) is 6.88. The fourth-order valence-corrected chi connectivity index (χ4v) is 2.52. The van der Waals surface area contributed by atoms with Crippen molar-refractivity contribution < 1.29 is 4.74 Å². The third-order valence-electron chi connectivity index (χ3n) is 3.39. The van der Waals surface area contributed by atoms with Gasteiger partial charge in [0.1, 0.15) is 0 Å². The Kier molecular flexibility index (Phi) is 6.12. The van der Waals surface area contributed by atoms with E-state index in [4.69, 9.17) is 16.3 Å². The average Bonchev–Trinajstić information content (AvgIpc) is 2.66. The van der Waals surface area contributed by atoms with Crippen LogP contribution in [-0.2, 0) is 17.7 Å². The van der Waals surface area contributed by atoms with Crippen LogP contribution in [0, 0.1) is 6.92 Å². The van der Waals surface area contributed by atoms with Crippen LogP contribution in [0.1, 0.15) is 31.7 Å². The van der Waals surface area contributed by atoms with Gasteiger partial charge in [0.05, 0.1) is 22.5 Å². The molecule has 1 rings (SSSR count). The smallest absolute Gasteiger partial charge is 0.0847 e. The highest BCUT2D eigenvalue weighted by molar-refractivity contribution is 6.31. The monoisotopic (exact) mass is 273 g/mol. The van der Waals surface area contributed by atoms with Crippen LogP contribution in [-0.4, -0.2) is 36.1 Å². The zero-order chi connectivity index (χ0) is 13.7. The van der Waals surface area contributed by atoms with Crippen LogP contribution >= 0.6 is 11.6 Å². The van der Waals surface area contributed by atoms with Crippen molar-refractivity contribution in [3.8, 4) is 0 Å². The lowest BCUT2D eigenvalue weighted by molar-refractivity contribution is 0.0672. The lowest BCUT2D eigenvalue weighted by atomic mass is 10.0. The number of rotatable bonds is 7. The van der Waals surface area contributed by atoms with E-state index in [9.17, 15) is 0 Å². The molecular formula is C13H24ClN3O. The molecule has 1 aromatic rings. The fourth-order valence-electron chi connectivity index (χ4n) is 2.31. The molecule has 0 aliphatic rings. The highest BCUT2D eigenvalue weighted by Gasteiger charge is 2.22. The lowest BCUT2D eigenvalue weighted by Crippen LogP contribution is -2.40. The van der Waals surface area contributed by atoms with Crippen LogP contribution in [0.4, 0.5) is 0 Å². The van der Waals surface area contributed by atoms with Crippen molar-refractivity contribution in [3.05, 3.63) is 16.4 Å². The maximum atomic E-state index is 6.33. The quantitative estimate of drug-likeness (QED) is 0.829. The van der Waals surface area contributed by atoms with E-state index in [1.807, 2.05) is 18.7 Å². The number of halogens is 1. The Morgan fingerprint density at radius 2 is 2.11 bits per heavy atom. The molecule has 1 heterocycles. The molecular weight excluding hydrogens is 250 g/mol. The molecule has 1 aromatic heterocycles. The average molecular weight is 274 g/mol. The highest BCUT2D eigenvalue weighted by atomic mass is 35.5. The third-order valence-corrected chi connectivity index (χ3v) is 3.88. The first-order chi connectivity index (χ1) is 8.58. The van der Waals surface area contributed by atoms with Gasteiger partial charge in [-0.25, -0.2) is 0 Å². The van der Waals surface area contributed by atoms with E-state index < -0.39 is 0 Å². The van der Waals surface area contributed by atoms with Gasteiger partial charge < -0.3 is 10.1 Å². The number of methoxy groups -OCH3 is 1. The van der Waals surface area contributed by atoms with E-state index in [2.05, 4.69) is 24.3 Å². The van der Waals surface area contributed by atoms with Gasteiger partial charge in [0, 0.05) is 26.1 Å². The molecule has 18 heavy (non-hydrogen) atoms. The predicted octanol–water partition coefficient (Wildman–Crippen LogP) is 2.42. The fraction of sp³-hybridized carbons (Fsp3) is 0.769. The molecule has 4 nitrogen and oxygen atoms in total. The second-order valence-corrected chi connectivity index (χ2v) is 4.82. The van der Waals surface area contributed by atoms with Gasteiger partial charge in [0.25, 0.3) is 0 Å². The standard InChI is InChI=1S/C13H24ClN3O/c1-6-12(18-5)10(15-4)8-11-13(14)9(3)16-17(11)7-2/h10,12,15H,6-8H2,1-5H3. The van der Waals surface area contributed by atoms with E-state index in [0.717, 1.165) is 35.8 Å². The Hall–Kier alpha value is -0.580. The zero-order valence-corrected chi connectivity index (χ0v) is 12.7. The minimum atomic E-state index is 0.187. The minimum Gasteiger partial charge on any atom is -0.380 e. The number of aryl methyl sites for hydroxylation is 2. The Balaban J connectivity index is 2.93. The molecule has 0 amide bonds. The van der Waals surface area contributed by atoms with Crippen molar-refractivity contribution in [2.75, 3.05) is 14.2 Å². The summed E-state index contributed by atoms with van der Waals surface area (Å²) in [6.45, 7) is 6.99. The Morgan fingerprint density at radius 3 is 2.56 bits per heavy atom. The number of nitrogens with zero attached hydrogens (tertiary/aromatic N) is 2. The number of hydrogen-bond acceptors (Lipinski definition) is 3. The number of nitrogens with one attached hydrogen (secondary N) is 1. The summed E-state index contributed by atoms with van der Waals surface area (Å²) in [6.07, 6.45) is 1.99.